The third kappa shape index (κ3) is 8.64. The summed E-state index contributed by atoms with van der Waals surface area (Å²) < 4.78 is 0. The molecule has 0 radical (unpaired) electrons. The summed E-state index contributed by atoms with van der Waals surface area (Å²) in [5.41, 5.74) is 13.3. The van der Waals surface area contributed by atoms with Gasteiger partial charge < -0.3 is 62.3 Å². The van der Waals surface area contributed by atoms with Crippen molar-refractivity contribution in [3.8, 4) is 0 Å². The van der Waals surface area contributed by atoms with Crippen LogP contribution >= 0.6 is 0 Å². The molecule has 0 aliphatic heterocycles. The van der Waals surface area contributed by atoms with Crippen LogP contribution in [0.15, 0.2) is 64.2 Å². The van der Waals surface area contributed by atoms with Crippen molar-refractivity contribution >= 4 is 51.7 Å². The van der Waals surface area contributed by atoms with Crippen molar-refractivity contribution in [3.05, 3.63) is 97.6 Å². The quantitative estimate of drug-likeness (QED) is 0.0674. The van der Waals surface area contributed by atoms with Crippen LogP contribution in [0.5, 0.6) is 0 Å². The van der Waals surface area contributed by atoms with E-state index in [1.54, 1.807) is 18.2 Å². The molecule has 18 heteroatoms. The molecule has 0 spiro atoms. The average molecular weight is 586 g/mol. The number of aromatic amines is 2. The van der Waals surface area contributed by atoms with E-state index in [2.05, 4.69) is 10.2 Å². The minimum Gasteiger partial charge on any atom is -0.870 e. The molecule has 11 N–H and O–H groups in total. The smallest absolute Gasteiger partial charge is 0.272 e. The van der Waals surface area contributed by atoms with Gasteiger partial charge in [0, 0.05) is 39.3 Å². The first-order valence-electron chi connectivity index (χ1n) is 10.6. The van der Waals surface area contributed by atoms with Crippen molar-refractivity contribution in [2.45, 2.75) is 0 Å². The summed E-state index contributed by atoms with van der Waals surface area (Å²) in [6, 6.07) is 12.2. The zero-order valence-corrected chi connectivity index (χ0v) is 20.9. The zero-order chi connectivity index (χ0) is 31.4. The van der Waals surface area contributed by atoms with Gasteiger partial charge in [-0.25, -0.2) is 0 Å². The van der Waals surface area contributed by atoms with Gasteiger partial charge in [0.05, 0.1) is 34.6 Å². The molecule has 0 atom stereocenters. The van der Waals surface area contributed by atoms with Crippen molar-refractivity contribution in [3.63, 3.8) is 0 Å². The second-order valence-corrected chi connectivity index (χ2v) is 7.37. The Balaban J connectivity index is 0.000000576. The molecule has 4 aromatic rings. The van der Waals surface area contributed by atoms with Gasteiger partial charge in [0.2, 0.25) is 0 Å². The van der Waals surface area contributed by atoms with E-state index in [0.717, 1.165) is 12.1 Å². The van der Waals surface area contributed by atoms with Gasteiger partial charge in [-0.15, -0.1) is 0 Å². The van der Waals surface area contributed by atoms with Crippen LogP contribution in [-0.2, 0) is 0 Å². The first-order chi connectivity index (χ1) is 19.3. The number of anilines is 3. The molecule has 0 fully saturated rings. The molecular weight excluding hydrogens is 566 g/mol. The van der Waals surface area contributed by atoms with E-state index in [1.165, 1.54) is 24.3 Å². The Bertz CT molecular complexity index is 1640. The Hall–Kier alpha value is -6.24. The highest BCUT2D eigenvalue weighted by Gasteiger charge is 2.08. The number of H-pyrrole nitrogens is 2. The Morgan fingerprint density at radius 2 is 0.929 bits per heavy atom. The maximum absolute atomic E-state index is 11.2. The van der Waals surface area contributed by atoms with E-state index >= 15 is 0 Å². The fourth-order valence-electron chi connectivity index (χ4n) is 3.19. The lowest BCUT2D eigenvalue weighted by Gasteiger charge is -2.12. The van der Waals surface area contributed by atoms with E-state index in [-0.39, 0.29) is 33.4 Å². The second-order valence-electron chi connectivity index (χ2n) is 7.37. The molecule has 224 valence electrons. The number of fused-ring (bicyclic) bond motifs is 1. The van der Waals surface area contributed by atoms with Gasteiger partial charge in [0.15, 0.2) is 0 Å². The number of carboxylic acid groups (broad SMARTS) is 4. The molecule has 0 aliphatic carbocycles. The van der Waals surface area contributed by atoms with Crippen molar-refractivity contribution in [2.75, 3.05) is 17.2 Å². The van der Waals surface area contributed by atoms with Crippen LogP contribution in [0.1, 0.15) is 41.4 Å². The predicted octanol–water partition coefficient (Wildman–Crippen LogP) is -4.37. The SMILES string of the molecule is Nc1cccc(C(=O)[O-])c1C(=O)[O-].Nc1cccc(C(=O)[O-])c1C(=O)[O-].Nc1cccc2c(=O)[nH][nH]c(=O)c12.OO.[OH-]. The van der Waals surface area contributed by atoms with Gasteiger partial charge in [-0.1, -0.05) is 30.3 Å². The number of hydrogen-bond donors (Lipinski definition) is 7. The first kappa shape index (κ1) is 35.8. The summed E-state index contributed by atoms with van der Waals surface area (Å²) in [6.45, 7) is 0. The lowest BCUT2D eigenvalue weighted by atomic mass is 10.1. The van der Waals surface area contributed by atoms with E-state index in [0.29, 0.717) is 11.1 Å². The molecule has 1 heterocycles. The molecule has 18 nitrogen and oxygen atoms in total. The average Bonchev–Trinajstić information content (AvgIpc) is 2.92. The van der Waals surface area contributed by atoms with Gasteiger partial charge in [0.25, 0.3) is 11.1 Å². The van der Waals surface area contributed by atoms with Crippen LogP contribution in [0.3, 0.4) is 0 Å². The molecule has 0 amide bonds. The van der Waals surface area contributed by atoms with E-state index in [9.17, 15) is 49.2 Å². The number of nitrogen functional groups attached to an aromatic ring is 3. The molecular formula is C24H20N5O13-5. The van der Waals surface area contributed by atoms with E-state index in [4.69, 9.17) is 27.7 Å². The highest BCUT2D eigenvalue weighted by molar-refractivity contribution is 6.04. The summed E-state index contributed by atoms with van der Waals surface area (Å²) in [7, 11) is 0. The van der Waals surface area contributed by atoms with Crippen LogP contribution in [0.4, 0.5) is 17.1 Å². The molecule has 0 saturated carbocycles. The lowest BCUT2D eigenvalue weighted by molar-refractivity contribution is -0.259. The number of carbonyl (C=O) groups is 4. The van der Waals surface area contributed by atoms with Crippen LogP contribution in [0.2, 0.25) is 0 Å². The maximum Gasteiger partial charge on any atom is 0.272 e. The Morgan fingerprint density at radius 1 is 0.571 bits per heavy atom. The molecule has 0 saturated heterocycles. The standard InChI is InChI=1S/C8H7N3O2.2C8H7NO4.H2O2.H2O/c9-5-3-1-2-4-6(5)8(13)11-10-7(4)12;2*9-5-3-1-2-4(7(10)11)6(5)8(12)13;1-2;/h1-3H,9H2,(H,10,12)(H,11,13);2*1-3H,9H2,(H,10,11)(H,12,13);1-2H;1H2/p-5. The van der Waals surface area contributed by atoms with E-state index < -0.39 is 46.1 Å². The van der Waals surface area contributed by atoms with Crippen molar-refractivity contribution in [1.82, 2.24) is 10.2 Å². The van der Waals surface area contributed by atoms with Crippen molar-refractivity contribution < 1.29 is 55.6 Å². The minimum absolute atomic E-state index is 0. The normalized spacial score (nSPS) is 9.29. The molecule has 0 unspecified atom stereocenters. The van der Waals surface area contributed by atoms with Crippen LogP contribution in [-0.4, -0.2) is 50.1 Å². The number of rotatable bonds is 4. The number of carbonyl (C=O) groups excluding carboxylic acids is 4. The Labute approximate surface area is 232 Å². The number of nitrogens with two attached hydrogens (primary N) is 3. The summed E-state index contributed by atoms with van der Waals surface area (Å²) in [5, 5.41) is 58.8. The molecule has 42 heavy (non-hydrogen) atoms. The Morgan fingerprint density at radius 3 is 1.26 bits per heavy atom. The summed E-state index contributed by atoms with van der Waals surface area (Å²) in [6.07, 6.45) is 0. The number of aromatic nitrogens is 2. The third-order valence-electron chi connectivity index (χ3n) is 4.90. The van der Waals surface area contributed by atoms with Crippen LogP contribution < -0.4 is 48.7 Å². The maximum atomic E-state index is 11.2. The predicted molar refractivity (Wildman–Crippen MR) is 136 cm³/mol. The zero-order valence-electron chi connectivity index (χ0n) is 20.9. The summed E-state index contributed by atoms with van der Waals surface area (Å²) in [5.74, 6) is -6.44. The van der Waals surface area contributed by atoms with Crippen molar-refractivity contribution in [1.29, 1.82) is 0 Å². The number of nitrogens with one attached hydrogen (secondary N) is 2. The highest BCUT2D eigenvalue weighted by Crippen LogP contribution is 2.16. The topological polar surface area (TPSA) is 375 Å². The number of aromatic carboxylic acids is 4. The largest absolute Gasteiger partial charge is 0.870 e. The third-order valence-corrected chi connectivity index (χ3v) is 4.90. The minimum atomic E-state index is -1.63. The molecule has 0 bridgehead atoms. The van der Waals surface area contributed by atoms with Gasteiger partial charge >= 0.3 is 0 Å². The highest BCUT2D eigenvalue weighted by atomic mass is 17.0. The van der Waals surface area contributed by atoms with Gasteiger partial charge in [-0.05, 0) is 24.3 Å². The van der Waals surface area contributed by atoms with E-state index in [1.807, 2.05) is 0 Å². The number of benzene rings is 3. The monoisotopic (exact) mass is 586 g/mol. The molecule has 4 rings (SSSR count). The van der Waals surface area contributed by atoms with Gasteiger partial charge in [0.1, 0.15) is 0 Å². The van der Waals surface area contributed by atoms with Crippen molar-refractivity contribution in [2.24, 2.45) is 0 Å². The lowest BCUT2D eigenvalue weighted by Crippen LogP contribution is -2.30. The summed E-state index contributed by atoms with van der Waals surface area (Å²) >= 11 is 0. The van der Waals surface area contributed by atoms with Gasteiger partial charge in [-0.2, -0.15) is 0 Å². The molecule has 1 aromatic heterocycles. The number of carboxylic acids is 4. The molecule has 3 aromatic carbocycles. The summed E-state index contributed by atoms with van der Waals surface area (Å²) in [4.78, 5) is 64.2. The van der Waals surface area contributed by atoms with Crippen LogP contribution in [0, 0.1) is 0 Å². The fourth-order valence-corrected chi connectivity index (χ4v) is 3.19. The Kier molecular flexibility index (Phi) is 13.6. The fraction of sp³-hybridized carbons (Fsp3) is 0. The first-order valence-corrected chi connectivity index (χ1v) is 10.6. The van der Waals surface area contributed by atoms with Crippen LogP contribution in [0.25, 0.3) is 10.8 Å². The molecule has 0 aliphatic rings. The van der Waals surface area contributed by atoms with Gasteiger partial charge in [-0.3, -0.25) is 30.3 Å². The second kappa shape index (κ2) is 16.0. The number of hydrogen-bond acceptors (Lipinski definition) is 16.